The SMILES string of the molecule is CCCNC(=O)C(Cc1ccccc1)N(Cc1ccc(F)cc1)C(=O)CN(c1cccc([N+](=O)[O-])c1)S(C)(=O)=O. The number of rotatable bonds is 13. The van der Waals surface area contributed by atoms with Crippen LogP contribution in [0.4, 0.5) is 15.8 Å². The Morgan fingerprint density at radius 1 is 1.00 bits per heavy atom. The first-order chi connectivity index (χ1) is 19.0. The average Bonchev–Trinajstić information content (AvgIpc) is 2.93. The van der Waals surface area contributed by atoms with Crippen molar-refractivity contribution in [2.75, 3.05) is 23.7 Å². The van der Waals surface area contributed by atoms with Crippen molar-refractivity contribution in [1.82, 2.24) is 10.2 Å². The Morgan fingerprint density at radius 3 is 2.27 bits per heavy atom. The van der Waals surface area contributed by atoms with E-state index in [2.05, 4.69) is 5.32 Å². The molecule has 0 aromatic heterocycles. The van der Waals surface area contributed by atoms with E-state index in [1.54, 1.807) is 12.1 Å². The number of amides is 2. The van der Waals surface area contributed by atoms with Crippen molar-refractivity contribution >= 4 is 33.2 Å². The number of nitrogens with one attached hydrogen (secondary N) is 1. The fourth-order valence-corrected chi connectivity index (χ4v) is 4.92. The van der Waals surface area contributed by atoms with E-state index in [0.29, 0.717) is 18.5 Å². The first-order valence-electron chi connectivity index (χ1n) is 12.6. The highest BCUT2D eigenvalue weighted by Gasteiger charge is 2.33. The lowest BCUT2D eigenvalue weighted by Crippen LogP contribution is -2.53. The number of nitro groups is 1. The van der Waals surface area contributed by atoms with Crippen LogP contribution in [-0.4, -0.2) is 55.4 Å². The first kappa shape index (κ1) is 30.2. The lowest BCUT2D eigenvalue weighted by Gasteiger charge is -2.33. The van der Waals surface area contributed by atoms with Crippen molar-refractivity contribution in [3.8, 4) is 0 Å². The minimum atomic E-state index is -4.07. The average molecular weight is 571 g/mol. The molecule has 0 heterocycles. The van der Waals surface area contributed by atoms with Crippen LogP contribution in [0.2, 0.25) is 0 Å². The second-order valence-electron chi connectivity index (χ2n) is 9.19. The highest BCUT2D eigenvalue weighted by molar-refractivity contribution is 7.92. The third kappa shape index (κ3) is 8.34. The largest absolute Gasteiger partial charge is 0.354 e. The Balaban J connectivity index is 2.05. The van der Waals surface area contributed by atoms with Gasteiger partial charge in [-0.25, -0.2) is 12.8 Å². The third-order valence-electron chi connectivity index (χ3n) is 6.09. The first-order valence-corrected chi connectivity index (χ1v) is 14.4. The molecule has 40 heavy (non-hydrogen) atoms. The molecule has 0 aliphatic carbocycles. The minimum absolute atomic E-state index is 0.0678. The second kappa shape index (κ2) is 13.7. The van der Waals surface area contributed by atoms with Gasteiger partial charge in [0.15, 0.2) is 0 Å². The monoisotopic (exact) mass is 570 g/mol. The van der Waals surface area contributed by atoms with Gasteiger partial charge in [-0.3, -0.25) is 24.0 Å². The maximum atomic E-state index is 13.9. The molecule has 0 radical (unpaired) electrons. The van der Waals surface area contributed by atoms with E-state index >= 15 is 0 Å². The number of nitro benzene ring substituents is 1. The van der Waals surface area contributed by atoms with E-state index in [1.165, 1.54) is 47.4 Å². The number of hydrogen-bond donors (Lipinski definition) is 1. The molecule has 12 heteroatoms. The Hall–Kier alpha value is -4.32. The summed E-state index contributed by atoms with van der Waals surface area (Å²) in [6, 6.07) is 18.4. The number of sulfonamides is 1. The molecule has 3 aromatic carbocycles. The molecule has 0 bridgehead atoms. The highest BCUT2D eigenvalue weighted by Crippen LogP contribution is 2.24. The van der Waals surface area contributed by atoms with Gasteiger partial charge in [0.1, 0.15) is 18.4 Å². The molecule has 0 spiro atoms. The van der Waals surface area contributed by atoms with Crippen molar-refractivity contribution in [2.24, 2.45) is 0 Å². The van der Waals surface area contributed by atoms with Crippen LogP contribution in [0.15, 0.2) is 78.9 Å². The van der Waals surface area contributed by atoms with E-state index in [9.17, 15) is 32.5 Å². The van der Waals surface area contributed by atoms with E-state index in [1.807, 2.05) is 25.1 Å². The fraction of sp³-hybridized carbons (Fsp3) is 0.286. The summed E-state index contributed by atoms with van der Waals surface area (Å²) >= 11 is 0. The number of anilines is 1. The standard InChI is InChI=1S/C28H31FN4O6S/c1-3-16-30-28(35)26(17-21-8-5-4-6-9-21)31(19-22-12-14-23(29)15-13-22)27(34)20-32(40(2,38)39)24-10-7-11-25(18-24)33(36)37/h4-15,18,26H,3,16-17,19-20H2,1-2H3,(H,30,35). The minimum Gasteiger partial charge on any atom is -0.354 e. The van der Waals surface area contributed by atoms with Gasteiger partial charge in [0.25, 0.3) is 5.69 Å². The van der Waals surface area contributed by atoms with E-state index in [0.717, 1.165) is 22.2 Å². The van der Waals surface area contributed by atoms with Crippen LogP contribution in [0.3, 0.4) is 0 Å². The van der Waals surface area contributed by atoms with E-state index in [-0.39, 0.29) is 24.3 Å². The van der Waals surface area contributed by atoms with E-state index < -0.39 is 45.2 Å². The number of non-ortho nitro benzene ring substituents is 1. The van der Waals surface area contributed by atoms with Crippen LogP contribution in [0, 0.1) is 15.9 Å². The normalized spacial score (nSPS) is 11.9. The molecule has 0 aliphatic heterocycles. The Morgan fingerprint density at radius 2 is 1.68 bits per heavy atom. The predicted molar refractivity (Wildman–Crippen MR) is 149 cm³/mol. The summed E-state index contributed by atoms with van der Waals surface area (Å²) in [5.41, 5.74) is 0.886. The third-order valence-corrected chi connectivity index (χ3v) is 7.23. The van der Waals surface area contributed by atoms with Gasteiger partial charge >= 0.3 is 0 Å². The zero-order chi connectivity index (χ0) is 29.3. The number of halogens is 1. The van der Waals surface area contributed by atoms with Crippen molar-refractivity contribution in [3.05, 3.63) is 106 Å². The molecule has 1 N–H and O–H groups in total. The van der Waals surface area contributed by atoms with Crippen molar-refractivity contribution in [1.29, 1.82) is 0 Å². The van der Waals surface area contributed by atoms with Gasteiger partial charge in [0, 0.05) is 31.6 Å². The molecule has 3 aromatic rings. The van der Waals surface area contributed by atoms with Crippen LogP contribution < -0.4 is 9.62 Å². The van der Waals surface area contributed by atoms with Gasteiger partial charge in [-0.1, -0.05) is 55.5 Å². The number of carbonyl (C=O) groups is 2. The number of benzene rings is 3. The van der Waals surface area contributed by atoms with Crippen molar-refractivity contribution < 1.29 is 27.3 Å². The quantitative estimate of drug-likeness (QED) is 0.247. The lowest BCUT2D eigenvalue weighted by atomic mass is 10.0. The molecule has 0 saturated carbocycles. The van der Waals surface area contributed by atoms with Crippen LogP contribution in [0.1, 0.15) is 24.5 Å². The van der Waals surface area contributed by atoms with Crippen molar-refractivity contribution in [2.45, 2.75) is 32.4 Å². The molecule has 0 saturated heterocycles. The van der Waals surface area contributed by atoms with E-state index in [4.69, 9.17) is 0 Å². The molecule has 212 valence electrons. The zero-order valence-electron chi connectivity index (χ0n) is 22.2. The predicted octanol–water partition coefficient (Wildman–Crippen LogP) is 3.67. The topological polar surface area (TPSA) is 130 Å². The Kier molecular flexibility index (Phi) is 10.3. The molecule has 0 aliphatic rings. The molecule has 1 unspecified atom stereocenters. The zero-order valence-corrected chi connectivity index (χ0v) is 23.0. The van der Waals surface area contributed by atoms with Gasteiger partial charge in [-0.2, -0.15) is 0 Å². The summed E-state index contributed by atoms with van der Waals surface area (Å²) in [7, 11) is -4.07. The lowest BCUT2D eigenvalue weighted by molar-refractivity contribution is -0.384. The Labute approximate surface area is 232 Å². The van der Waals surface area contributed by atoms with Gasteiger partial charge in [-0.05, 0) is 35.7 Å². The summed E-state index contributed by atoms with van der Waals surface area (Å²) < 4.78 is 39.9. The fourth-order valence-electron chi connectivity index (χ4n) is 4.08. The summed E-state index contributed by atoms with van der Waals surface area (Å²) in [6.07, 6.45) is 1.68. The summed E-state index contributed by atoms with van der Waals surface area (Å²) in [5.74, 6) is -1.62. The van der Waals surface area contributed by atoms with Crippen LogP contribution in [0.25, 0.3) is 0 Å². The Bertz CT molecular complexity index is 1430. The smallest absolute Gasteiger partial charge is 0.271 e. The summed E-state index contributed by atoms with van der Waals surface area (Å²) in [4.78, 5) is 39.2. The maximum Gasteiger partial charge on any atom is 0.271 e. The second-order valence-corrected chi connectivity index (χ2v) is 11.1. The van der Waals surface area contributed by atoms with Crippen LogP contribution in [0.5, 0.6) is 0 Å². The molecular formula is C28H31FN4O6S. The van der Waals surface area contributed by atoms with Crippen molar-refractivity contribution in [3.63, 3.8) is 0 Å². The molecule has 10 nitrogen and oxygen atoms in total. The highest BCUT2D eigenvalue weighted by atomic mass is 32.2. The molecule has 3 rings (SSSR count). The van der Waals surface area contributed by atoms with Gasteiger partial charge in [0.05, 0.1) is 16.9 Å². The molecule has 2 amide bonds. The number of carbonyl (C=O) groups excluding carboxylic acids is 2. The van der Waals surface area contributed by atoms with Gasteiger partial charge < -0.3 is 10.2 Å². The molecule has 0 fully saturated rings. The maximum absolute atomic E-state index is 13.9. The summed E-state index contributed by atoms with van der Waals surface area (Å²) in [6.45, 7) is 1.43. The van der Waals surface area contributed by atoms with Gasteiger partial charge in [0.2, 0.25) is 21.8 Å². The number of hydrogen-bond acceptors (Lipinski definition) is 6. The van der Waals surface area contributed by atoms with Gasteiger partial charge in [-0.15, -0.1) is 0 Å². The van der Waals surface area contributed by atoms with Crippen LogP contribution >= 0.6 is 0 Å². The number of nitrogens with zero attached hydrogens (tertiary/aromatic N) is 3. The summed E-state index contributed by atoms with van der Waals surface area (Å²) in [5, 5.41) is 14.1. The molecular weight excluding hydrogens is 539 g/mol. The molecule has 1 atom stereocenters. The van der Waals surface area contributed by atoms with Crippen LogP contribution in [-0.2, 0) is 32.6 Å².